The third-order valence-corrected chi connectivity index (χ3v) is 4.25. The molecule has 0 saturated heterocycles. The number of aromatic hydroxyl groups is 1. The van der Waals surface area contributed by atoms with Crippen LogP contribution in [-0.4, -0.2) is 33.7 Å². The van der Waals surface area contributed by atoms with Gasteiger partial charge in [0.25, 0.3) is 0 Å². The van der Waals surface area contributed by atoms with Crippen molar-refractivity contribution in [1.82, 2.24) is 0 Å². The van der Waals surface area contributed by atoms with E-state index in [1.165, 1.54) is 70.6 Å². The fourth-order valence-electron chi connectivity index (χ4n) is 2.72. The fourth-order valence-corrected chi connectivity index (χ4v) is 2.72. The minimum atomic E-state index is -4.67. The van der Waals surface area contributed by atoms with Gasteiger partial charge in [-0.1, -0.05) is 102 Å². The fraction of sp³-hybridized carbons (Fsp3) is 0.682. The Kier molecular flexibility index (Phi) is 22.5. The molecule has 1 aromatic rings. The number of carboxylic acids is 1. The third-order valence-electron chi connectivity index (χ3n) is 4.25. The second-order valence-corrected chi connectivity index (χ2v) is 8.07. The van der Waals surface area contributed by atoms with Gasteiger partial charge in [-0.2, -0.15) is 8.42 Å². The maximum Gasteiger partial charge on any atom is 0.394 e. The first kappa shape index (κ1) is 30.6. The molecule has 1 aromatic carbocycles. The lowest BCUT2D eigenvalue weighted by atomic mass is 10.0. The maximum atomic E-state index is 10.3. The summed E-state index contributed by atoms with van der Waals surface area (Å²) in [6, 6.07) is 8.71. The summed E-state index contributed by atoms with van der Waals surface area (Å²) in [7, 11) is -4.67. The SMILES string of the molecule is CCCCCCCCCCCCCCCC(=O)O.O=S(=O)(O)O.Oc1ccccc1. The van der Waals surface area contributed by atoms with Gasteiger partial charge < -0.3 is 10.2 Å². The van der Waals surface area contributed by atoms with Crippen molar-refractivity contribution in [2.24, 2.45) is 0 Å². The zero-order valence-electron chi connectivity index (χ0n) is 18.2. The molecule has 30 heavy (non-hydrogen) atoms. The smallest absolute Gasteiger partial charge is 0.394 e. The molecule has 0 fully saturated rings. The van der Waals surface area contributed by atoms with Gasteiger partial charge in [-0.3, -0.25) is 13.9 Å². The van der Waals surface area contributed by atoms with Gasteiger partial charge in [0.2, 0.25) is 0 Å². The number of carboxylic acid groups (broad SMARTS) is 1. The summed E-state index contributed by atoms with van der Waals surface area (Å²) >= 11 is 0. The van der Waals surface area contributed by atoms with E-state index in [4.69, 9.17) is 27.7 Å². The number of benzene rings is 1. The summed E-state index contributed by atoms with van der Waals surface area (Å²) in [6.07, 6.45) is 17.3. The summed E-state index contributed by atoms with van der Waals surface area (Å²) in [5.74, 6) is -0.333. The van der Waals surface area contributed by atoms with E-state index >= 15 is 0 Å². The normalized spacial score (nSPS) is 10.4. The highest BCUT2D eigenvalue weighted by molar-refractivity contribution is 7.79. The van der Waals surface area contributed by atoms with Gasteiger partial charge in [-0.25, -0.2) is 0 Å². The largest absolute Gasteiger partial charge is 0.508 e. The van der Waals surface area contributed by atoms with Crippen molar-refractivity contribution in [3.05, 3.63) is 30.3 Å². The highest BCUT2D eigenvalue weighted by atomic mass is 32.3. The molecule has 0 spiro atoms. The Morgan fingerprint density at radius 1 is 0.733 bits per heavy atom. The van der Waals surface area contributed by atoms with Crippen LogP contribution in [0.4, 0.5) is 0 Å². The molecule has 0 atom stereocenters. The monoisotopic (exact) mass is 448 g/mol. The zero-order valence-corrected chi connectivity index (χ0v) is 19.0. The molecular weight excluding hydrogens is 408 g/mol. The third kappa shape index (κ3) is 37.2. The molecular formula is C22H40O7S. The number of unbranched alkanes of at least 4 members (excludes halogenated alkanes) is 12. The van der Waals surface area contributed by atoms with E-state index in [1.54, 1.807) is 24.3 Å². The lowest BCUT2D eigenvalue weighted by Crippen LogP contribution is -1.93. The van der Waals surface area contributed by atoms with Crippen molar-refractivity contribution < 1.29 is 32.5 Å². The molecule has 0 unspecified atom stereocenters. The van der Waals surface area contributed by atoms with Crippen molar-refractivity contribution in [2.75, 3.05) is 0 Å². The Labute approximate surface area is 182 Å². The molecule has 4 N–H and O–H groups in total. The Morgan fingerprint density at radius 3 is 1.33 bits per heavy atom. The molecule has 8 heteroatoms. The molecule has 0 aliphatic carbocycles. The number of hydrogen-bond acceptors (Lipinski definition) is 4. The second-order valence-electron chi connectivity index (χ2n) is 7.17. The summed E-state index contributed by atoms with van der Waals surface area (Å²) < 4.78 is 31.6. The van der Waals surface area contributed by atoms with Crippen LogP contribution in [0.25, 0.3) is 0 Å². The van der Waals surface area contributed by atoms with Crippen LogP contribution >= 0.6 is 0 Å². The Bertz CT molecular complexity index is 581. The van der Waals surface area contributed by atoms with Crippen LogP contribution in [0.3, 0.4) is 0 Å². The molecule has 0 heterocycles. The van der Waals surface area contributed by atoms with Crippen molar-refractivity contribution in [3.63, 3.8) is 0 Å². The molecule has 1 rings (SSSR count). The number of phenols is 1. The van der Waals surface area contributed by atoms with E-state index in [2.05, 4.69) is 6.92 Å². The lowest BCUT2D eigenvalue weighted by molar-refractivity contribution is -0.137. The minimum Gasteiger partial charge on any atom is -0.508 e. The second kappa shape index (κ2) is 22.1. The lowest BCUT2D eigenvalue weighted by Gasteiger charge is -2.02. The maximum absolute atomic E-state index is 10.3. The Morgan fingerprint density at radius 2 is 1.07 bits per heavy atom. The molecule has 7 nitrogen and oxygen atoms in total. The van der Waals surface area contributed by atoms with Crippen LogP contribution in [0, 0.1) is 0 Å². The van der Waals surface area contributed by atoms with Gasteiger partial charge in [0.1, 0.15) is 5.75 Å². The molecule has 0 saturated carbocycles. The predicted molar refractivity (Wildman–Crippen MR) is 120 cm³/mol. The number of para-hydroxylation sites is 1. The number of aliphatic carboxylic acids is 1. The first-order chi connectivity index (χ1) is 14.2. The minimum absolute atomic E-state index is 0.322. The zero-order chi connectivity index (χ0) is 23.1. The summed E-state index contributed by atoms with van der Waals surface area (Å²) in [5, 5.41) is 17.1. The van der Waals surface area contributed by atoms with E-state index < -0.39 is 16.4 Å². The van der Waals surface area contributed by atoms with Crippen LogP contribution in [0.1, 0.15) is 96.8 Å². The molecule has 0 aliphatic heterocycles. The highest BCUT2D eigenvalue weighted by Gasteiger charge is 1.96. The number of carbonyl (C=O) groups is 1. The first-order valence-corrected chi connectivity index (χ1v) is 12.2. The van der Waals surface area contributed by atoms with Gasteiger partial charge in [-0.15, -0.1) is 0 Å². The van der Waals surface area contributed by atoms with E-state index in [0.29, 0.717) is 12.2 Å². The quantitative estimate of drug-likeness (QED) is 0.194. The van der Waals surface area contributed by atoms with Crippen LogP contribution in [0.15, 0.2) is 30.3 Å². The predicted octanol–water partition coefficient (Wildman–Crippen LogP) is 6.29. The van der Waals surface area contributed by atoms with E-state index in [1.807, 2.05) is 6.07 Å². The van der Waals surface area contributed by atoms with Crippen molar-refractivity contribution in [2.45, 2.75) is 96.8 Å². The highest BCUT2D eigenvalue weighted by Crippen LogP contribution is 2.12. The topological polar surface area (TPSA) is 132 Å². The summed E-state index contributed by atoms with van der Waals surface area (Å²) in [5.41, 5.74) is 0. The standard InChI is InChI=1S/C16H32O2.C6H6O.H2O4S/c1-2-3-4-5-6-7-8-9-10-11-12-13-14-15-16(17)18;7-6-4-2-1-3-5-6;1-5(2,3)4/h2-15H2,1H3,(H,17,18);1-5,7H;(H2,1,2,3,4). The van der Waals surface area contributed by atoms with Gasteiger partial charge in [0.15, 0.2) is 0 Å². The van der Waals surface area contributed by atoms with Crippen LogP contribution in [-0.2, 0) is 15.2 Å². The van der Waals surface area contributed by atoms with Gasteiger partial charge in [-0.05, 0) is 18.6 Å². The van der Waals surface area contributed by atoms with E-state index in [0.717, 1.165) is 12.8 Å². The van der Waals surface area contributed by atoms with Gasteiger partial charge in [0, 0.05) is 6.42 Å². The number of rotatable bonds is 14. The van der Waals surface area contributed by atoms with Gasteiger partial charge in [0.05, 0.1) is 0 Å². The summed E-state index contributed by atoms with van der Waals surface area (Å²) in [4.78, 5) is 10.3. The molecule has 0 bridgehead atoms. The van der Waals surface area contributed by atoms with Crippen molar-refractivity contribution >= 4 is 16.4 Å². The Balaban J connectivity index is 0. The van der Waals surface area contributed by atoms with E-state index in [9.17, 15) is 4.79 Å². The summed E-state index contributed by atoms with van der Waals surface area (Å²) in [6.45, 7) is 2.26. The Hall–Kier alpha value is -1.64. The molecule has 176 valence electrons. The molecule has 0 radical (unpaired) electrons. The number of hydrogen-bond donors (Lipinski definition) is 4. The van der Waals surface area contributed by atoms with Gasteiger partial charge >= 0.3 is 16.4 Å². The first-order valence-electron chi connectivity index (χ1n) is 10.8. The van der Waals surface area contributed by atoms with E-state index in [-0.39, 0.29) is 0 Å². The average Bonchev–Trinajstić information content (AvgIpc) is 2.65. The molecule has 0 aliphatic rings. The number of phenolic OH excluding ortho intramolecular Hbond substituents is 1. The molecule has 0 aromatic heterocycles. The average molecular weight is 449 g/mol. The van der Waals surface area contributed by atoms with Crippen LogP contribution in [0.2, 0.25) is 0 Å². The van der Waals surface area contributed by atoms with Crippen molar-refractivity contribution in [3.8, 4) is 5.75 Å². The molecule has 0 amide bonds. The van der Waals surface area contributed by atoms with Crippen molar-refractivity contribution in [1.29, 1.82) is 0 Å². The van der Waals surface area contributed by atoms with Crippen LogP contribution < -0.4 is 0 Å². The van der Waals surface area contributed by atoms with Crippen LogP contribution in [0.5, 0.6) is 5.75 Å².